The Morgan fingerprint density at radius 2 is 2.04 bits per heavy atom. The third-order valence-electron chi connectivity index (χ3n) is 4.29. The Morgan fingerprint density at radius 1 is 1.17 bits per heavy atom. The lowest BCUT2D eigenvalue weighted by Gasteiger charge is -2.28. The van der Waals surface area contributed by atoms with E-state index in [1.807, 2.05) is 18.3 Å². The number of benzene rings is 1. The Hall–Kier alpha value is -2.46. The highest BCUT2D eigenvalue weighted by Crippen LogP contribution is 2.22. The lowest BCUT2D eigenvalue weighted by atomic mass is 10.1. The van der Waals surface area contributed by atoms with E-state index in [1.54, 1.807) is 6.26 Å². The Bertz CT molecular complexity index is 794. The van der Waals surface area contributed by atoms with Crippen LogP contribution in [-0.4, -0.2) is 21.4 Å². The minimum Gasteiger partial charge on any atom is -0.461 e. The first-order chi connectivity index (χ1) is 11.3. The summed E-state index contributed by atoms with van der Waals surface area (Å²) in [7, 11) is 0. The molecule has 4 heteroatoms. The smallest absolute Gasteiger partial charge is 0.195 e. The third-order valence-corrected chi connectivity index (χ3v) is 4.29. The molecule has 0 radical (unpaired) electrons. The lowest BCUT2D eigenvalue weighted by Crippen LogP contribution is -2.31. The summed E-state index contributed by atoms with van der Waals surface area (Å²) >= 11 is 0. The zero-order valence-corrected chi connectivity index (χ0v) is 13.2. The summed E-state index contributed by atoms with van der Waals surface area (Å²) in [5.41, 5.74) is 5.01. The molecule has 3 aromatic rings. The first kappa shape index (κ1) is 14.2. The van der Waals surface area contributed by atoms with Gasteiger partial charge in [-0.3, -0.25) is 4.90 Å². The molecule has 0 saturated heterocycles. The Morgan fingerprint density at radius 3 is 2.83 bits per heavy atom. The van der Waals surface area contributed by atoms with Crippen molar-refractivity contribution in [2.24, 2.45) is 0 Å². The molecular weight excluding hydrogens is 286 g/mol. The molecule has 0 amide bonds. The maximum atomic E-state index is 5.41. The number of furan rings is 1. The molecule has 4 nitrogen and oxygen atoms in total. The van der Waals surface area contributed by atoms with Crippen LogP contribution in [0.4, 0.5) is 0 Å². The van der Waals surface area contributed by atoms with Gasteiger partial charge in [0.1, 0.15) is 0 Å². The highest BCUT2D eigenvalue weighted by Gasteiger charge is 2.19. The highest BCUT2D eigenvalue weighted by molar-refractivity contribution is 5.46. The van der Waals surface area contributed by atoms with Gasteiger partial charge in [-0.25, -0.2) is 9.97 Å². The molecule has 0 unspecified atom stereocenters. The van der Waals surface area contributed by atoms with Crippen LogP contribution < -0.4 is 0 Å². The van der Waals surface area contributed by atoms with Gasteiger partial charge in [-0.2, -0.15) is 0 Å². The van der Waals surface area contributed by atoms with Crippen molar-refractivity contribution in [3.05, 3.63) is 71.2 Å². The Kier molecular flexibility index (Phi) is 3.67. The SMILES string of the molecule is Cc1ccc(CN2CCc3cnc(-c4ccco4)nc3C2)cc1. The molecule has 0 atom stereocenters. The van der Waals surface area contributed by atoms with Crippen LogP contribution in [0.3, 0.4) is 0 Å². The van der Waals surface area contributed by atoms with E-state index in [9.17, 15) is 0 Å². The van der Waals surface area contributed by atoms with Crippen LogP contribution in [0.5, 0.6) is 0 Å². The lowest BCUT2D eigenvalue weighted by molar-refractivity contribution is 0.241. The number of fused-ring (bicyclic) bond motifs is 1. The van der Waals surface area contributed by atoms with Crippen molar-refractivity contribution < 1.29 is 4.42 Å². The molecule has 23 heavy (non-hydrogen) atoms. The molecular formula is C19H19N3O. The standard InChI is InChI=1S/C19H19N3O/c1-14-4-6-15(7-5-14)12-22-9-8-16-11-20-19(21-17(16)13-22)18-3-2-10-23-18/h2-7,10-11H,8-9,12-13H2,1H3. The zero-order valence-electron chi connectivity index (χ0n) is 13.2. The van der Waals surface area contributed by atoms with E-state index in [1.165, 1.54) is 16.7 Å². The number of nitrogens with zero attached hydrogens (tertiary/aromatic N) is 3. The molecule has 0 fully saturated rings. The van der Waals surface area contributed by atoms with Crippen LogP contribution in [0.15, 0.2) is 53.3 Å². The predicted octanol–water partition coefficient (Wildman–Crippen LogP) is 3.60. The summed E-state index contributed by atoms with van der Waals surface area (Å²) in [5, 5.41) is 0. The van der Waals surface area contributed by atoms with Crippen LogP contribution in [0.2, 0.25) is 0 Å². The van der Waals surface area contributed by atoms with E-state index in [-0.39, 0.29) is 0 Å². The maximum Gasteiger partial charge on any atom is 0.195 e. The molecule has 2 aromatic heterocycles. The normalized spacial score (nSPS) is 14.7. The summed E-state index contributed by atoms with van der Waals surface area (Å²) in [5.74, 6) is 1.40. The second-order valence-corrected chi connectivity index (χ2v) is 6.09. The van der Waals surface area contributed by atoms with Gasteiger partial charge in [-0.05, 0) is 36.6 Å². The van der Waals surface area contributed by atoms with Gasteiger partial charge < -0.3 is 4.42 Å². The quantitative estimate of drug-likeness (QED) is 0.741. The molecule has 4 rings (SSSR count). The van der Waals surface area contributed by atoms with Crippen molar-refractivity contribution in [2.75, 3.05) is 6.54 Å². The number of rotatable bonds is 3. The van der Waals surface area contributed by atoms with Gasteiger partial charge >= 0.3 is 0 Å². The van der Waals surface area contributed by atoms with Crippen molar-refractivity contribution in [3.63, 3.8) is 0 Å². The van der Waals surface area contributed by atoms with Crippen molar-refractivity contribution >= 4 is 0 Å². The van der Waals surface area contributed by atoms with Gasteiger partial charge in [-0.15, -0.1) is 0 Å². The summed E-state index contributed by atoms with van der Waals surface area (Å²) in [6.45, 7) is 4.98. The van der Waals surface area contributed by atoms with Crippen molar-refractivity contribution in [1.82, 2.24) is 14.9 Å². The molecule has 1 aliphatic rings. The summed E-state index contributed by atoms with van der Waals surface area (Å²) in [4.78, 5) is 11.6. The van der Waals surface area contributed by atoms with E-state index < -0.39 is 0 Å². The highest BCUT2D eigenvalue weighted by atomic mass is 16.3. The van der Waals surface area contributed by atoms with Gasteiger partial charge in [0.25, 0.3) is 0 Å². The van der Waals surface area contributed by atoms with Crippen LogP contribution in [-0.2, 0) is 19.5 Å². The first-order valence-electron chi connectivity index (χ1n) is 7.94. The molecule has 0 aliphatic carbocycles. The fraction of sp³-hybridized carbons (Fsp3) is 0.263. The number of hydrogen-bond acceptors (Lipinski definition) is 4. The number of aryl methyl sites for hydroxylation is 1. The van der Waals surface area contributed by atoms with E-state index in [0.717, 1.165) is 37.5 Å². The molecule has 1 aromatic carbocycles. The summed E-state index contributed by atoms with van der Waals surface area (Å²) in [6, 6.07) is 12.5. The Balaban J connectivity index is 1.53. The number of hydrogen-bond donors (Lipinski definition) is 0. The van der Waals surface area contributed by atoms with Crippen molar-refractivity contribution in [2.45, 2.75) is 26.4 Å². The van der Waals surface area contributed by atoms with Crippen LogP contribution in [0, 0.1) is 6.92 Å². The van der Waals surface area contributed by atoms with Gasteiger partial charge in [-0.1, -0.05) is 29.8 Å². The topological polar surface area (TPSA) is 42.2 Å². The second-order valence-electron chi connectivity index (χ2n) is 6.09. The Labute approximate surface area is 135 Å². The van der Waals surface area contributed by atoms with Crippen LogP contribution in [0.25, 0.3) is 11.6 Å². The van der Waals surface area contributed by atoms with Crippen molar-refractivity contribution in [3.8, 4) is 11.6 Å². The fourth-order valence-corrected chi connectivity index (χ4v) is 2.97. The minimum absolute atomic E-state index is 0.672. The second kappa shape index (κ2) is 5.97. The predicted molar refractivity (Wildman–Crippen MR) is 88.7 cm³/mol. The molecule has 0 N–H and O–H groups in total. The molecule has 116 valence electrons. The fourth-order valence-electron chi connectivity index (χ4n) is 2.97. The molecule has 1 aliphatic heterocycles. The molecule has 0 spiro atoms. The van der Waals surface area contributed by atoms with E-state index in [0.29, 0.717) is 5.82 Å². The van der Waals surface area contributed by atoms with Gasteiger partial charge in [0.2, 0.25) is 0 Å². The summed E-state index contributed by atoms with van der Waals surface area (Å²) < 4.78 is 5.41. The molecule has 0 bridgehead atoms. The minimum atomic E-state index is 0.672. The van der Waals surface area contributed by atoms with Crippen LogP contribution in [0.1, 0.15) is 22.4 Å². The van der Waals surface area contributed by atoms with Gasteiger partial charge in [0.05, 0.1) is 12.0 Å². The van der Waals surface area contributed by atoms with E-state index in [4.69, 9.17) is 9.40 Å². The third kappa shape index (κ3) is 3.03. The van der Waals surface area contributed by atoms with E-state index in [2.05, 4.69) is 41.1 Å². The average molecular weight is 305 g/mol. The van der Waals surface area contributed by atoms with Gasteiger partial charge in [0.15, 0.2) is 11.6 Å². The first-order valence-corrected chi connectivity index (χ1v) is 7.94. The van der Waals surface area contributed by atoms with Gasteiger partial charge in [0, 0.05) is 25.8 Å². The largest absolute Gasteiger partial charge is 0.461 e. The van der Waals surface area contributed by atoms with E-state index >= 15 is 0 Å². The number of aromatic nitrogens is 2. The van der Waals surface area contributed by atoms with Crippen molar-refractivity contribution in [1.29, 1.82) is 0 Å². The zero-order chi connectivity index (χ0) is 15.6. The average Bonchev–Trinajstić information content (AvgIpc) is 3.11. The monoisotopic (exact) mass is 305 g/mol. The molecule has 0 saturated carbocycles. The maximum absolute atomic E-state index is 5.41. The van der Waals surface area contributed by atoms with Crippen LogP contribution >= 0.6 is 0 Å². The summed E-state index contributed by atoms with van der Waals surface area (Å²) in [6.07, 6.45) is 4.60. The molecule has 3 heterocycles.